The minimum atomic E-state index is -0.249. The molecule has 2 saturated heterocycles. The molecule has 3 amide bonds. The van der Waals surface area contributed by atoms with Crippen LogP contribution in [0.1, 0.15) is 17.2 Å². The molecule has 0 saturated carbocycles. The van der Waals surface area contributed by atoms with Crippen molar-refractivity contribution in [3.63, 3.8) is 0 Å². The standard InChI is InChI=1S/C16H20N4O2.ClH/c21-15(14-13-4-2-1-3-11(13)5-6-17-14)19-7-8-20-12(10-19)9-18-16(20)22;/h1-4,12,14,17H,5-10H2,(H,18,22);1H. The Morgan fingerprint density at radius 3 is 2.91 bits per heavy atom. The van der Waals surface area contributed by atoms with E-state index < -0.39 is 0 Å². The second-order valence-corrected chi connectivity index (χ2v) is 6.15. The fraction of sp³-hybridized carbons (Fsp3) is 0.500. The third-order valence-corrected chi connectivity index (χ3v) is 4.90. The van der Waals surface area contributed by atoms with Gasteiger partial charge in [0.25, 0.3) is 0 Å². The van der Waals surface area contributed by atoms with Crippen LogP contribution >= 0.6 is 12.4 Å². The van der Waals surface area contributed by atoms with Gasteiger partial charge in [-0.2, -0.15) is 0 Å². The van der Waals surface area contributed by atoms with E-state index >= 15 is 0 Å². The average molecular weight is 337 g/mol. The fourth-order valence-corrected chi connectivity index (χ4v) is 3.71. The van der Waals surface area contributed by atoms with E-state index in [1.54, 1.807) is 0 Å². The number of halogens is 1. The molecule has 6 nitrogen and oxygen atoms in total. The monoisotopic (exact) mass is 336 g/mol. The molecule has 3 heterocycles. The SMILES string of the molecule is Cl.O=C(C1NCCc2ccccc21)N1CCN2C(=O)NCC2C1. The number of piperazine rings is 1. The highest BCUT2D eigenvalue weighted by Gasteiger charge is 2.39. The van der Waals surface area contributed by atoms with Crippen molar-refractivity contribution in [1.82, 2.24) is 20.4 Å². The van der Waals surface area contributed by atoms with Crippen LogP contribution in [0.5, 0.6) is 0 Å². The molecule has 4 rings (SSSR count). The molecule has 124 valence electrons. The maximum atomic E-state index is 12.9. The van der Waals surface area contributed by atoms with Crippen molar-refractivity contribution < 1.29 is 9.59 Å². The maximum absolute atomic E-state index is 12.9. The summed E-state index contributed by atoms with van der Waals surface area (Å²) in [6.45, 7) is 3.33. The van der Waals surface area contributed by atoms with Gasteiger partial charge in [0.2, 0.25) is 5.91 Å². The Kier molecular flexibility index (Phi) is 4.46. The molecule has 0 aromatic heterocycles. The number of rotatable bonds is 1. The highest BCUT2D eigenvalue weighted by molar-refractivity contribution is 5.85. The fourth-order valence-electron chi connectivity index (χ4n) is 3.71. The number of nitrogens with one attached hydrogen (secondary N) is 2. The number of hydrogen-bond acceptors (Lipinski definition) is 3. The second-order valence-electron chi connectivity index (χ2n) is 6.15. The summed E-state index contributed by atoms with van der Waals surface area (Å²) in [7, 11) is 0. The molecule has 0 spiro atoms. The van der Waals surface area contributed by atoms with E-state index in [0.717, 1.165) is 18.5 Å². The van der Waals surface area contributed by atoms with Gasteiger partial charge in [0.1, 0.15) is 6.04 Å². The first-order valence-corrected chi connectivity index (χ1v) is 7.88. The number of hydrogen-bond donors (Lipinski definition) is 2. The second kappa shape index (κ2) is 6.37. The molecular formula is C16H21ClN4O2. The van der Waals surface area contributed by atoms with E-state index in [1.807, 2.05) is 28.0 Å². The number of nitrogens with zero attached hydrogens (tertiary/aromatic N) is 2. The lowest BCUT2D eigenvalue weighted by Crippen LogP contribution is -2.56. The predicted octanol–water partition coefficient (Wildman–Crippen LogP) is 0.531. The van der Waals surface area contributed by atoms with Crippen LogP contribution in [0.3, 0.4) is 0 Å². The Labute approximate surface area is 141 Å². The molecule has 0 bridgehead atoms. The highest BCUT2D eigenvalue weighted by Crippen LogP contribution is 2.25. The van der Waals surface area contributed by atoms with Gasteiger partial charge in [-0.1, -0.05) is 24.3 Å². The molecule has 3 aliphatic heterocycles. The normalized spacial score (nSPS) is 26.0. The van der Waals surface area contributed by atoms with Crippen molar-refractivity contribution in [2.45, 2.75) is 18.5 Å². The van der Waals surface area contributed by atoms with Crippen molar-refractivity contribution in [3.05, 3.63) is 35.4 Å². The van der Waals surface area contributed by atoms with E-state index in [4.69, 9.17) is 0 Å². The molecule has 2 N–H and O–H groups in total. The van der Waals surface area contributed by atoms with Crippen molar-refractivity contribution in [3.8, 4) is 0 Å². The summed E-state index contributed by atoms with van der Waals surface area (Å²) in [6, 6.07) is 8.03. The van der Waals surface area contributed by atoms with Crippen LogP contribution in [0.2, 0.25) is 0 Å². The summed E-state index contributed by atoms with van der Waals surface area (Å²) in [5.41, 5.74) is 2.36. The van der Waals surface area contributed by atoms with E-state index in [9.17, 15) is 9.59 Å². The Hall–Kier alpha value is -1.79. The first-order chi connectivity index (χ1) is 10.7. The largest absolute Gasteiger partial charge is 0.337 e. The summed E-state index contributed by atoms with van der Waals surface area (Å²) in [5.74, 6) is 0.131. The van der Waals surface area contributed by atoms with Gasteiger partial charge in [-0.05, 0) is 17.5 Å². The Morgan fingerprint density at radius 2 is 2.04 bits per heavy atom. The number of fused-ring (bicyclic) bond motifs is 2. The van der Waals surface area contributed by atoms with Crippen molar-refractivity contribution >= 4 is 24.3 Å². The summed E-state index contributed by atoms with van der Waals surface area (Å²) < 4.78 is 0. The van der Waals surface area contributed by atoms with E-state index in [1.165, 1.54) is 5.56 Å². The van der Waals surface area contributed by atoms with Crippen molar-refractivity contribution in [2.75, 3.05) is 32.7 Å². The molecule has 2 atom stereocenters. The Morgan fingerprint density at radius 1 is 1.22 bits per heavy atom. The number of amides is 3. The van der Waals surface area contributed by atoms with Crippen LogP contribution in [0.15, 0.2) is 24.3 Å². The van der Waals surface area contributed by atoms with E-state index in [2.05, 4.69) is 16.7 Å². The molecule has 23 heavy (non-hydrogen) atoms. The lowest BCUT2D eigenvalue weighted by molar-refractivity contribution is -0.136. The minimum absolute atomic E-state index is 0. The van der Waals surface area contributed by atoms with Crippen molar-refractivity contribution in [1.29, 1.82) is 0 Å². The number of carbonyl (C=O) groups is 2. The van der Waals surface area contributed by atoms with Crippen LogP contribution in [0.4, 0.5) is 4.79 Å². The molecule has 2 fully saturated rings. The third-order valence-electron chi connectivity index (χ3n) is 4.90. The molecular weight excluding hydrogens is 316 g/mol. The molecule has 7 heteroatoms. The number of urea groups is 1. The van der Waals surface area contributed by atoms with Gasteiger partial charge in [-0.15, -0.1) is 12.4 Å². The maximum Gasteiger partial charge on any atom is 0.317 e. The highest BCUT2D eigenvalue weighted by atomic mass is 35.5. The van der Waals surface area contributed by atoms with Gasteiger partial charge in [0.05, 0.1) is 6.04 Å². The molecule has 1 aromatic carbocycles. The predicted molar refractivity (Wildman–Crippen MR) is 88.6 cm³/mol. The van der Waals surface area contributed by atoms with Crippen molar-refractivity contribution in [2.24, 2.45) is 0 Å². The molecule has 0 radical (unpaired) electrons. The smallest absolute Gasteiger partial charge is 0.317 e. The average Bonchev–Trinajstić information content (AvgIpc) is 2.94. The summed E-state index contributed by atoms with van der Waals surface area (Å²) in [4.78, 5) is 28.3. The minimum Gasteiger partial charge on any atom is -0.337 e. The zero-order valence-corrected chi connectivity index (χ0v) is 13.6. The quantitative estimate of drug-likeness (QED) is 0.786. The van der Waals surface area contributed by atoms with Crippen LogP contribution in [-0.4, -0.2) is 60.5 Å². The van der Waals surface area contributed by atoms with Crippen LogP contribution in [0.25, 0.3) is 0 Å². The summed E-state index contributed by atoms with van der Waals surface area (Å²) in [6.07, 6.45) is 0.967. The van der Waals surface area contributed by atoms with Gasteiger partial charge in [0.15, 0.2) is 0 Å². The lowest BCUT2D eigenvalue weighted by atomic mass is 9.93. The molecule has 0 aliphatic carbocycles. The van der Waals surface area contributed by atoms with E-state index in [0.29, 0.717) is 26.2 Å². The number of benzene rings is 1. The van der Waals surface area contributed by atoms with Crippen LogP contribution in [-0.2, 0) is 11.2 Å². The summed E-state index contributed by atoms with van der Waals surface area (Å²) >= 11 is 0. The first-order valence-electron chi connectivity index (χ1n) is 7.88. The van der Waals surface area contributed by atoms with Gasteiger partial charge in [-0.25, -0.2) is 4.79 Å². The molecule has 2 unspecified atom stereocenters. The summed E-state index contributed by atoms with van der Waals surface area (Å²) in [5, 5.41) is 6.20. The lowest BCUT2D eigenvalue weighted by Gasteiger charge is -2.39. The topological polar surface area (TPSA) is 64.7 Å². The zero-order chi connectivity index (χ0) is 15.1. The van der Waals surface area contributed by atoms with E-state index in [-0.39, 0.29) is 36.4 Å². The van der Waals surface area contributed by atoms with Gasteiger partial charge in [-0.3, -0.25) is 4.79 Å². The Balaban J connectivity index is 0.00000156. The van der Waals surface area contributed by atoms with Gasteiger partial charge in [0, 0.05) is 32.7 Å². The third kappa shape index (κ3) is 2.77. The van der Waals surface area contributed by atoms with Gasteiger partial charge < -0.3 is 20.4 Å². The Bertz CT molecular complexity index is 624. The van der Waals surface area contributed by atoms with Crippen LogP contribution < -0.4 is 10.6 Å². The number of carbonyl (C=O) groups excluding carboxylic acids is 2. The molecule has 3 aliphatic rings. The zero-order valence-electron chi connectivity index (χ0n) is 12.8. The molecule has 1 aromatic rings. The van der Waals surface area contributed by atoms with Crippen LogP contribution in [0, 0.1) is 0 Å². The first kappa shape index (κ1) is 16.1. The van der Waals surface area contributed by atoms with Gasteiger partial charge >= 0.3 is 6.03 Å².